The van der Waals surface area contributed by atoms with Crippen LogP contribution in [-0.2, 0) is 0 Å². The Labute approximate surface area is 121 Å². The summed E-state index contributed by atoms with van der Waals surface area (Å²) >= 11 is 6.31. The van der Waals surface area contributed by atoms with Gasteiger partial charge in [-0.2, -0.15) is 0 Å². The van der Waals surface area contributed by atoms with Gasteiger partial charge in [-0.05, 0) is 29.8 Å². The van der Waals surface area contributed by atoms with E-state index in [0.29, 0.717) is 5.02 Å². The molecule has 0 spiro atoms. The van der Waals surface area contributed by atoms with E-state index in [-0.39, 0.29) is 0 Å². The zero-order valence-electron chi connectivity index (χ0n) is 10.8. The highest BCUT2D eigenvalue weighted by molar-refractivity contribution is 6.33. The van der Waals surface area contributed by atoms with E-state index in [1.807, 2.05) is 47.0 Å². The lowest BCUT2D eigenvalue weighted by atomic mass is 10.0. The van der Waals surface area contributed by atoms with Gasteiger partial charge in [-0.3, -0.25) is 4.57 Å². The summed E-state index contributed by atoms with van der Waals surface area (Å²) in [6, 6.07) is 13.6. The average Bonchev–Trinajstić information content (AvgIpc) is 3.01. The Hall–Kier alpha value is -2.33. The number of nitrogens with zero attached hydrogens (tertiary/aromatic N) is 3. The predicted molar refractivity (Wildman–Crippen MR) is 78.4 cm³/mol. The van der Waals surface area contributed by atoms with Crippen LogP contribution >= 0.6 is 11.6 Å². The summed E-state index contributed by atoms with van der Waals surface area (Å²) in [6.07, 6.45) is 3.31. The first-order valence-corrected chi connectivity index (χ1v) is 6.45. The van der Waals surface area contributed by atoms with Crippen LogP contribution in [0.25, 0.3) is 16.8 Å². The second kappa shape index (κ2) is 5.35. The van der Waals surface area contributed by atoms with Gasteiger partial charge < -0.3 is 4.74 Å². The van der Waals surface area contributed by atoms with E-state index >= 15 is 0 Å². The molecule has 1 heterocycles. The van der Waals surface area contributed by atoms with E-state index in [0.717, 1.165) is 22.6 Å². The summed E-state index contributed by atoms with van der Waals surface area (Å²) in [5.74, 6) is 0.749. The van der Waals surface area contributed by atoms with Crippen molar-refractivity contribution in [2.45, 2.75) is 0 Å². The number of methoxy groups -OCH3 is 1. The topological polar surface area (TPSA) is 39.9 Å². The molecule has 5 heteroatoms. The highest BCUT2D eigenvalue weighted by Gasteiger charge is 2.10. The van der Waals surface area contributed by atoms with Crippen LogP contribution in [0.5, 0.6) is 5.75 Å². The molecular formula is C15H12ClN3O. The van der Waals surface area contributed by atoms with Crippen LogP contribution in [0.15, 0.2) is 55.1 Å². The van der Waals surface area contributed by atoms with Crippen LogP contribution in [0, 0.1) is 0 Å². The van der Waals surface area contributed by atoms with Crippen molar-refractivity contribution in [3.8, 4) is 22.6 Å². The minimum atomic E-state index is 0.658. The normalized spacial score (nSPS) is 10.5. The zero-order valence-corrected chi connectivity index (χ0v) is 11.6. The van der Waals surface area contributed by atoms with Gasteiger partial charge in [-0.15, -0.1) is 10.2 Å². The number of halogens is 1. The van der Waals surface area contributed by atoms with E-state index in [9.17, 15) is 0 Å². The van der Waals surface area contributed by atoms with Crippen LogP contribution < -0.4 is 4.74 Å². The Morgan fingerprint density at radius 1 is 1.05 bits per heavy atom. The Balaban J connectivity index is 2.14. The van der Waals surface area contributed by atoms with Gasteiger partial charge in [0.05, 0.1) is 12.1 Å². The fourth-order valence-corrected chi connectivity index (χ4v) is 2.39. The van der Waals surface area contributed by atoms with Crippen molar-refractivity contribution in [2.75, 3.05) is 7.11 Å². The second-order valence-corrected chi connectivity index (χ2v) is 4.64. The lowest BCUT2D eigenvalue weighted by molar-refractivity contribution is 0.416. The molecule has 0 saturated heterocycles. The van der Waals surface area contributed by atoms with Crippen molar-refractivity contribution in [3.63, 3.8) is 0 Å². The van der Waals surface area contributed by atoms with E-state index in [1.54, 1.807) is 19.8 Å². The quantitative estimate of drug-likeness (QED) is 0.738. The minimum absolute atomic E-state index is 0.658. The summed E-state index contributed by atoms with van der Waals surface area (Å²) in [4.78, 5) is 0. The van der Waals surface area contributed by atoms with Crippen molar-refractivity contribution in [1.29, 1.82) is 0 Å². The number of aromatic nitrogens is 3. The number of hydrogen-bond acceptors (Lipinski definition) is 3. The Kier molecular flexibility index (Phi) is 3.39. The van der Waals surface area contributed by atoms with Gasteiger partial charge in [0.25, 0.3) is 0 Å². The molecule has 0 aliphatic heterocycles. The fourth-order valence-electron chi connectivity index (χ4n) is 2.11. The first kappa shape index (κ1) is 12.7. The number of ether oxygens (including phenoxy) is 1. The SMILES string of the molecule is COc1cccc(Cl)c1-c1cccc(-n2cnnc2)c1. The molecule has 0 atom stereocenters. The first-order chi connectivity index (χ1) is 9.79. The molecule has 0 radical (unpaired) electrons. The van der Waals surface area contributed by atoms with Gasteiger partial charge >= 0.3 is 0 Å². The Morgan fingerprint density at radius 2 is 1.80 bits per heavy atom. The zero-order chi connectivity index (χ0) is 13.9. The van der Waals surface area contributed by atoms with Gasteiger partial charge in [0, 0.05) is 11.3 Å². The molecule has 1 aromatic heterocycles. The van der Waals surface area contributed by atoms with Gasteiger partial charge in [0.1, 0.15) is 18.4 Å². The monoisotopic (exact) mass is 285 g/mol. The second-order valence-electron chi connectivity index (χ2n) is 4.24. The highest BCUT2D eigenvalue weighted by Crippen LogP contribution is 2.36. The van der Waals surface area contributed by atoms with Gasteiger partial charge in [0.2, 0.25) is 0 Å². The number of benzene rings is 2. The third kappa shape index (κ3) is 2.26. The van der Waals surface area contributed by atoms with E-state index < -0.39 is 0 Å². The molecule has 3 aromatic rings. The third-order valence-corrected chi connectivity index (χ3v) is 3.36. The summed E-state index contributed by atoms with van der Waals surface area (Å²) < 4.78 is 7.24. The maximum Gasteiger partial charge on any atom is 0.128 e. The van der Waals surface area contributed by atoms with Crippen LogP contribution in [-0.4, -0.2) is 21.9 Å². The molecule has 0 saturated carbocycles. The van der Waals surface area contributed by atoms with Crippen LogP contribution in [0.1, 0.15) is 0 Å². The lowest BCUT2D eigenvalue weighted by Crippen LogP contribution is -1.92. The molecule has 0 fully saturated rings. The Morgan fingerprint density at radius 3 is 2.55 bits per heavy atom. The summed E-state index contributed by atoms with van der Waals surface area (Å²) in [5, 5.41) is 8.29. The van der Waals surface area contributed by atoms with Crippen molar-refractivity contribution >= 4 is 11.6 Å². The summed E-state index contributed by atoms with van der Waals surface area (Å²) in [5.41, 5.74) is 2.83. The van der Waals surface area contributed by atoms with E-state index in [4.69, 9.17) is 16.3 Å². The molecule has 0 amide bonds. The molecule has 0 N–H and O–H groups in total. The number of hydrogen-bond donors (Lipinski definition) is 0. The molecule has 2 aromatic carbocycles. The molecule has 100 valence electrons. The maximum absolute atomic E-state index is 6.31. The standard InChI is InChI=1S/C15H12ClN3O/c1-20-14-7-3-6-13(16)15(14)11-4-2-5-12(8-11)19-9-17-18-10-19/h2-10H,1H3. The molecule has 0 bridgehead atoms. The van der Waals surface area contributed by atoms with Gasteiger partial charge in [-0.1, -0.05) is 29.8 Å². The lowest BCUT2D eigenvalue weighted by Gasteiger charge is -2.11. The Bertz CT molecular complexity index is 726. The van der Waals surface area contributed by atoms with Crippen LogP contribution in [0.2, 0.25) is 5.02 Å². The first-order valence-electron chi connectivity index (χ1n) is 6.07. The minimum Gasteiger partial charge on any atom is -0.496 e. The predicted octanol–water partition coefficient (Wildman–Crippen LogP) is 3.60. The molecule has 20 heavy (non-hydrogen) atoms. The van der Waals surface area contributed by atoms with E-state index in [2.05, 4.69) is 10.2 Å². The van der Waals surface area contributed by atoms with Crippen LogP contribution in [0.3, 0.4) is 0 Å². The van der Waals surface area contributed by atoms with Gasteiger partial charge in [-0.25, -0.2) is 0 Å². The maximum atomic E-state index is 6.31. The molecule has 0 aliphatic rings. The third-order valence-electron chi connectivity index (χ3n) is 3.05. The van der Waals surface area contributed by atoms with Crippen molar-refractivity contribution in [1.82, 2.24) is 14.8 Å². The highest BCUT2D eigenvalue weighted by atomic mass is 35.5. The van der Waals surface area contributed by atoms with Crippen molar-refractivity contribution in [3.05, 3.63) is 60.1 Å². The summed E-state index contributed by atoms with van der Waals surface area (Å²) in [6.45, 7) is 0. The fraction of sp³-hybridized carbons (Fsp3) is 0.0667. The number of rotatable bonds is 3. The average molecular weight is 286 g/mol. The molecule has 4 nitrogen and oxygen atoms in total. The van der Waals surface area contributed by atoms with Gasteiger partial charge in [0.15, 0.2) is 0 Å². The van der Waals surface area contributed by atoms with Crippen molar-refractivity contribution in [2.24, 2.45) is 0 Å². The largest absolute Gasteiger partial charge is 0.496 e. The smallest absolute Gasteiger partial charge is 0.128 e. The van der Waals surface area contributed by atoms with Crippen LogP contribution in [0.4, 0.5) is 0 Å². The molecule has 0 aliphatic carbocycles. The van der Waals surface area contributed by atoms with Crippen molar-refractivity contribution < 1.29 is 4.74 Å². The summed E-state index contributed by atoms with van der Waals surface area (Å²) in [7, 11) is 1.64. The molecule has 0 unspecified atom stereocenters. The van der Waals surface area contributed by atoms with E-state index in [1.165, 1.54) is 0 Å². The molecule has 3 rings (SSSR count). The molecular weight excluding hydrogens is 274 g/mol.